The highest BCUT2D eigenvalue weighted by Crippen LogP contribution is 2.43. The summed E-state index contributed by atoms with van der Waals surface area (Å²) in [5.41, 5.74) is 0.701. The summed E-state index contributed by atoms with van der Waals surface area (Å²) in [7, 11) is 2.26. The van der Waals surface area contributed by atoms with Crippen LogP contribution < -0.4 is 0 Å². The number of likely N-dealkylation sites (tertiary alicyclic amines) is 2. The van der Waals surface area contributed by atoms with E-state index in [1.807, 2.05) is 6.92 Å². The molecular formula is C17H28N2. The summed E-state index contributed by atoms with van der Waals surface area (Å²) in [6.07, 6.45) is 8.29. The number of hydrogen-bond donors (Lipinski definition) is 0. The highest BCUT2D eigenvalue weighted by molar-refractivity contribution is 5.05. The molecule has 0 aromatic heterocycles. The van der Waals surface area contributed by atoms with Crippen LogP contribution in [0.1, 0.15) is 45.4 Å². The van der Waals surface area contributed by atoms with E-state index in [4.69, 9.17) is 0 Å². The van der Waals surface area contributed by atoms with Crippen molar-refractivity contribution in [1.29, 1.82) is 0 Å². The summed E-state index contributed by atoms with van der Waals surface area (Å²) >= 11 is 0. The Bertz CT molecular complexity index is 354. The maximum Gasteiger partial charge on any atom is 0.0203 e. The molecule has 1 aliphatic carbocycles. The summed E-state index contributed by atoms with van der Waals surface area (Å²) in [5.74, 6) is 7.15. The molecular weight excluding hydrogens is 232 g/mol. The van der Waals surface area contributed by atoms with Crippen molar-refractivity contribution in [3.8, 4) is 11.8 Å². The third-order valence-corrected chi connectivity index (χ3v) is 5.69. The van der Waals surface area contributed by atoms with Gasteiger partial charge in [-0.3, -0.25) is 4.90 Å². The summed E-state index contributed by atoms with van der Waals surface area (Å²) in [6, 6.07) is 0.875. The van der Waals surface area contributed by atoms with Crippen molar-refractivity contribution in [2.75, 3.05) is 33.2 Å². The first-order valence-electron chi connectivity index (χ1n) is 8.06. The Morgan fingerprint density at radius 1 is 1.00 bits per heavy atom. The summed E-state index contributed by atoms with van der Waals surface area (Å²) in [6.45, 7) is 7.37. The molecule has 0 atom stereocenters. The summed E-state index contributed by atoms with van der Waals surface area (Å²) < 4.78 is 0. The van der Waals surface area contributed by atoms with Gasteiger partial charge in [-0.05, 0) is 71.0 Å². The lowest BCUT2D eigenvalue weighted by Crippen LogP contribution is -2.63. The molecule has 19 heavy (non-hydrogen) atoms. The first kappa shape index (κ1) is 13.5. The van der Waals surface area contributed by atoms with Crippen LogP contribution in [0.3, 0.4) is 0 Å². The molecule has 1 saturated carbocycles. The van der Waals surface area contributed by atoms with Crippen molar-refractivity contribution in [3.63, 3.8) is 0 Å². The standard InChI is InChI=1S/C17H28N2/c1-3-4-15-5-7-16(8-6-15)19-13-17(14-19)9-11-18(2)12-10-17/h15-16H,5-14H2,1-2H3. The lowest BCUT2D eigenvalue weighted by atomic mass is 9.70. The van der Waals surface area contributed by atoms with E-state index in [-0.39, 0.29) is 0 Å². The van der Waals surface area contributed by atoms with Gasteiger partial charge in [0.1, 0.15) is 0 Å². The molecule has 3 rings (SSSR count). The normalized spacial score (nSPS) is 35.5. The minimum absolute atomic E-state index is 0.694. The van der Waals surface area contributed by atoms with Gasteiger partial charge in [-0.2, -0.15) is 0 Å². The Morgan fingerprint density at radius 2 is 1.63 bits per heavy atom. The minimum atomic E-state index is 0.694. The fourth-order valence-corrected chi connectivity index (χ4v) is 4.27. The average molecular weight is 260 g/mol. The van der Waals surface area contributed by atoms with Crippen molar-refractivity contribution in [2.45, 2.75) is 51.5 Å². The topological polar surface area (TPSA) is 6.48 Å². The van der Waals surface area contributed by atoms with Crippen molar-refractivity contribution in [2.24, 2.45) is 11.3 Å². The zero-order chi connectivity index (χ0) is 13.3. The van der Waals surface area contributed by atoms with Gasteiger partial charge in [0.2, 0.25) is 0 Å². The predicted molar refractivity (Wildman–Crippen MR) is 79.9 cm³/mol. The molecule has 2 saturated heterocycles. The van der Waals surface area contributed by atoms with E-state index < -0.39 is 0 Å². The van der Waals surface area contributed by atoms with Crippen LogP contribution in [0, 0.1) is 23.2 Å². The molecule has 3 aliphatic rings. The molecule has 2 heteroatoms. The van der Waals surface area contributed by atoms with Crippen molar-refractivity contribution >= 4 is 0 Å². The molecule has 0 unspecified atom stereocenters. The van der Waals surface area contributed by atoms with Crippen molar-refractivity contribution in [3.05, 3.63) is 0 Å². The Labute approximate surface area is 118 Å². The van der Waals surface area contributed by atoms with Crippen LogP contribution in [0.5, 0.6) is 0 Å². The zero-order valence-electron chi connectivity index (χ0n) is 12.6. The molecule has 1 spiro atoms. The molecule has 0 amide bonds. The quantitative estimate of drug-likeness (QED) is 0.669. The van der Waals surface area contributed by atoms with Gasteiger partial charge in [-0.1, -0.05) is 0 Å². The monoisotopic (exact) mass is 260 g/mol. The average Bonchev–Trinajstić information content (AvgIpc) is 2.39. The van der Waals surface area contributed by atoms with E-state index >= 15 is 0 Å². The van der Waals surface area contributed by atoms with Crippen LogP contribution in [0.25, 0.3) is 0 Å². The molecule has 2 heterocycles. The fraction of sp³-hybridized carbons (Fsp3) is 0.882. The Kier molecular flexibility index (Phi) is 3.87. The first-order chi connectivity index (χ1) is 9.21. The van der Waals surface area contributed by atoms with Crippen LogP contribution >= 0.6 is 0 Å². The van der Waals surface area contributed by atoms with Crippen LogP contribution in [-0.4, -0.2) is 49.1 Å². The second-order valence-electron chi connectivity index (χ2n) is 7.11. The number of rotatable bonds is 1. The van der Waals surface area contributed by atoms with Gasteiger partial charge in [0, 0.05) is 25.0 Å². The Hall–Kier alpha value is -0.520. The lowest BCUT2D eigenvalue weighted by molar-refractivity contribution is -0.0742. The smallest absolute Gasteiger partial charge is 0.0203 e. The molecule has 0 radical (unpaired) electrons. The first-order valence-corrected chi connectivity index (χ1v) is 8.06. The fourth-order valence-electron chi connectivity index (χ4n) is 4.27. The maximum absolute atomic E-state index is 3.37. The maximum atomic E-state index is 3.37. The third-order valence-electron chi connectivity index (χ3n) is 5.69. The molecule has 106 valence electrons. The second-order valence-corrected chi connectivity index (χ2v) is 7.11. The number of nitrogens with zero attached hydrogens (tertiary/aromatic N) is 2. The van der Waals surface area contributed by atoms with Crippen LogP contribution in [0.2, 0.25) is 0 Å². The SMILES string of the molecule is CC#CC1CCC(N2CC3(CCN(C)CC3)C2)CC1. The summed E-state index contributed by atoms with van der Waals surface area (Å²) in [5, 5.41) is 0. The Balaban J connectivity index is 1.45. The molecule has 2 nitrogen and oxygen atoms in total. The zero-order valence-corrected chi connectivity index (χ0v) is 12.6. The van der Waals surface area contributed by atoms with Gasteiger partial charge < -0.3 is 4.90 Å². The van der Waals surface area contributed by atoms with E-state index in [1.165, 1.54) is 64.7 Å². The number of piperidine rings is 1. The minimum Gasteiger partial charge on any atom is -0.306 e. The molecule has 3 fully saturated rings. The van der Waals surface area contributed by atoms with E-state index in [2.05, 4.69) is 28.7 Å². The summed E-state index contributed by atoms with van der Waals surface area (Å²) in [4.78, 5) is 5.27. The highest BCUT2D eigenvalue weighted by atomic mass is 15.2. The van der Waals surface area contributed by atoms with Gasteiger partial charge in [-0.25, -0.2) is 0 Å². The van der Waals surface area contributed by atoms with Gasteiger partial charge >= 0.3 is 0 Å². The van der Waals surface area contributed by atoms with Gasteiger partial charge in [0.25, 0.3) is 0 Å². The Morgan fingerprint density at radius 3 is 2.21 bits per heavy atom. The van der Waals surface area contributed by atoms with E-state index in [1.54, 1.807) is 0 Å². The van der Waals surface area contributed by atoms with E-state index in [0.29, 0.717) is 11.3 Å². The predicted octanol–water partition coefficient (Wildman–Crippen LogP) is 2.60. The van der Waals surface area contributed by atoms with Gasteiger partial charge in [0.05, 0.1) is 0 Å². The lowest BCUT2D eigenvalue weighted by Gasteiger charge is -2.57. The van der Waals surface area contributed by atoms with Gasteiger partial charge in [0.15, 0.2) is 0 Å². The van der Waals surface area contributed by atoms with E-state index in [0.717, 1.165) is 6.04 Å². The van der Waals surface area contributed by atoms with Gasteiger partial charge in [-0.15, -0.1) is 11.8 Å². The number of hydrogen-bond acceptors (Lipinski definition) is 2. The van der Waals surface area contributed by atoms with Crippen LogP contribution in [0.4, 0.5) is 0 Å². The third kappa shape index (κ3) is 2.83. The van der Waals surface area contributed by atoms with Crippen molar-refractivity contribution < 1.29 is 0 Å². The van der Waals surface area contributed by atoms with Crippen LogP contribution in [-0.2, 0) is 0 Å². The molecule has 0 N–H and O–H groups in total. The molecule has 0 aromatic carbocycles. The van der Waals surface area contributed by atoms with Crippen molar-refractivity contribution in [1.82, 2.24) is 9.80 Å². The highest BCUT2D eigenvalue weighted by Gasteiger charge is 2.46. The molecule has 2 aliphatic heterocycles. The van der Waals surface area contributed by atoms with E-state index in [9.17, 15) is 0 Å². The molecule has 0 bridgehead atoms. The second kappa shape index (κ2) is 5.46. The van der Waals surface area contributed by atoms with Crippen LogP contribution in [0.15, 0.2) is 0 Å². The molecule has 0 aromatic rings. The largest absolute Gasteiger partial charge is 0.306 e.